The molecule has 550 valence electrons. The van der Waals surface area contributed by atoms with Crippen molar-refractivity contribution in [3.63, 3.8) is 0 Å². The van der Waals surface area contributed by atoms with E-state index in [2.05, 4.69) is 62.9 Å². The fourth-order valence-corrected chi connectivity index (χ4v) is 15.8. The number of ether oxygens (including phenoxy) is 5. The van der Waals surface area contributed by atoms with Gasteiger partial charge in [0.25, 0.3) is 23.6 Å². The highest BCUT2D eigenvalue weighted by Gasteiger charge is 2.33. The number of carbonyl (C=O) groups excluding carboxylic acids is 4. The average molecular weight is 1430 g/mol. The fourth-order valence-electron chi connectivity index (χ4n) is 15.8. The molecular weight excluding hydrogens is 1330 g/mol. The van der Waals surface area contributed by atoms with Crippen molar-refractivity contribution >= 4 is 46.4 Å². The van der Waals surface area contributed by atoms with Gasteiger partial charge >= 0.3 is 0 Å². The van der Waals surface area contributed by atoms with E-state index in [1.54, 1.807) is 31.4 Å². The Hall–Kier alpha value is -9.66. The number of halogens is 2. The van der Waals surface area contributed by atoms with E-state index in [4.69, 9.17) is 23.7 Å². The fraction of sp³-hybridized carbons (Fsp3) is 0.395. The number of para-hydroxylation sites is 8. The molecular formula is C86H98F2N8O9. The second kappa shape index (κ2) is 35.9. The monoisotopic (exact) mass is 1420 g/mol. The van der Waals surface area contributed by atoms with Crippen LogP contribution >= 0.6 is 0 Å². The zero-order chi connectivity index (χ0) is 72.4. The maximum atomic E-state index is 14.0. The molecule has 4 amide bonds. The van der Waals surface area contributed by atoms with Crippen molar-refractivity contribution < 1.29 is 51.6 Å². The van der Waals surface area contributed by atoms with Crippen molar-refractivity contribution in [1.29, 1.82) is 0 Å². The van der Waals surface area contributed by atoms with E-state index in [-0.39, 0.29) is 67.6 Å². The molecule has 4 saturated heterocycles. The molecule has 0 saturated carbocycles. The summed E-state index contributed by atoms with van der Waals surface area (Å²) < 4.78 is 54.7. The Bertz CT molecular complexity index is 4190. The first-order valence-corrected chi connectivity index (χ1v) is 37.6. The maximum absolute atomic E-state index is 14.0. The van der Waals surface area contributed by atoms with E-state index in [0.29, 0.717) is 37.4 Å². The summed E-state index contributed by atoms with van der Waals surface area (Å²) >= 11 is 0. The van der Waals surface area contributed by atoms with Gasteiger partial charge in [-0.1, -0.05) is 121 Å². The standard InChI is InChI=1S/C22H26N2O3.C22H26N2O2.2C21H23FN2O2/c1-26-19-8-6-17(7-9-19)18-10-12-23(13-11-18)14-15-24-20-4-2-3-5-21(20)27-16-22(24)25;1-17-6-8-18(9-7-17)19-10-12-23(13-11-19)14-15-24-20-4-2-3-5-21(20)26-16-22(24)25;22-18-5-3-4-17(14-18)16-8-10-23(11-9-16)12-13-24-19-6-1-2-7-20(19)26-15-21(24)25;22-18-6-2-1-5-17(18)16-9-11-23(12-10-16)13-14-24-19-7-3-4-8-20(19)26-15-21(24)25/h2-9,18H,10-16H2,1H3;2-9,19H,10-16H2,1H3;1-7,14,16H,8-13,15H2;1-8,16H,9-15H2. The Morgan fingerprint density at radius 1 is 0.343 bits per heavy atom. The molecule has 0 aliphatic carbocycles. The third kappa shape index (κ3) is 19.1. The number of fused-ring (bicyclic) bond motifs is 4. The molecule has 8 aromatic rings. The highest BCUT2D eigenvalue weighted by Crippen LogP contribution is 2.38. The Balaban J connectivity index is 0.000000124. The Labute approximate surface area is 616 Å². The zero-order valence-corrected chi connectivity index (χ0v) is 60.6. The molecule has 8 aromatic carbocycles. The molecule has 0 N–H and O–H groups in total. The van der Waals surface area contributed by atoms with Crippen LogP contribution in [0.5, 0.6) is 28.7 Å². The minimum absolute atomic E-state index is 0.00458. The van der Waals surface area contributed by atoms with Gasteiger partial charge in [-0.15, -0.1) is 0 Å². The first-order valence-electron chi connectivity index (χ1n) is 37.6. The van der Waals surface area contributed by atoms with E-state index in [1.165, 1.54) is 35.6 Å². The average Bonchev–Trinajstić information content (AvgIpc) is 0.824. The van der Waals surface area contributed by atoms with Gasteiger partial charge in [0.1, 0.15) is 40.4 Å². The Kier molecular flexibility index (Phi) is 25.2. The summed E-state index contributed by atoms with van der Waals surface area (Å²) in [4.78, 5) is 66.2. The van der Waals surface area contributed by atoms with Gasteiger partial charge in [-0.3, -0.25) is 19.2 Å². The number of carbonyl (C=O) groups is 4. The van der Waals surface area contributed by atoms with Gasteiger partial charge in [0.15, 0.2) is 26.4 Å². The summed E-state index contributed by atoms with van der Waals surface area (Å²) in [6, 6.07) is 62.4. The predicted octanol–water partition coefficient (Wildman–Crippen LogP) is 13.8. The molecule has 105 heavy (non-hydrogen) atoms. The van der Waals surface area contributed by atoms with Crippen LogP contribution < -0.4 is 43.3 Å². The molecule has 0 radical (unpaired) electrons. The molecule has 8 aliphatic rings. The molecule has 8 aliphatic heterocycles. The largest absolute Gasteiger partial charge is 0.497 e. The van der Waals surface area contributed by atoms with Crippen molar-refractivity contribution in [3.8, 4) is 28.7 Å². The number of aryl methyl sites for hydroxylation is 1. The number of hydrogen-bond donors (Lipinski definition) is 0. The number of methoxy groups -OCH3 is 1. The van der Waals surface area contributed by atoms with E-state index in [1.807, 2.05) is 147 Å². The van der Waals surface area contributed by atoms with Gasteiger partial charge in [0.05, 0.1) is 29.9 Å². The van der Waals surface area contributed by atoms with Crippen LogP contribution in [-0.4, -0.2) is 181 Å². The lowest BCUT2D eigenvalue weighted by Gasteiger charge is -2.35. The summed E-state index contributed by atoms with van der Waals surface area (Å²) in [7, 11) is 1.70. The van der Waals surface area contributed by atoms with Crippen molar-refractivity contribution in [2.45, 2.75) is 82.0 Å². The minimum atomic E-state index is -0.158. The third-order valence-electron chi connectivity index (χ3n) is 21.9. The van der Waals surface area contributed by atoms with Crippen LogP contribution in [0.15, 0.2) is 194 Å². The molecule has 0 aromatic heterocycles. The first kappa shape index (κ1) is 73.6. The molecule has 0 bridgehead atoms. The molecule has 8 heterocycles. The third-order valence-corrected chi connectivity index (χ3v) is 21.9. The number of anilines is 4. The molecule has 0 unspecified atom stereocenters. The number of rotatable bonds is 17. The summed E-state index contributed by atoms with van der Waals surface area (Å²) in [5, 5.41) is 0. The van der Waals surface area contributed by atoms with Gasteiger partial charge < -0.3 is 62.9 Å². The highest BCUT2D eigenvalue weighted by atomic mass is 19.1. The van der Waals surface area contributed by atoms with Crippen molar-refractivity contribution in [2.75, 3.05) is 158 Å². The molecule has 4 fully saturated rings. The molecule has 0 atom stereocenters. The summed E-state index contributed by atoms with van der Waals surface area (Å²) in [6.07, 6.45) is 8.64. The van der Waals surface area contributed by atoms with Crippen LogP contribution in [-0.2, 0) is 19.2 Å². The van der Waals surface area contributed by atoms with Gasteiger partial charge in [0.2, 0.25) is 0 Å². The van der Waals surface area contributed by atoms with Crippen molar-refractivity contribution in [3.05, 3.63) is 234 Å². The number of nitrogens with zero attached hydrogens (tertiary/aromatic N) is 8. The molecule has 16 rings (SSSR count). The number of hydrogen-bond acceptors (Lipinski definition) is 13. The number of benzene rings is 8. The highest BCUT2D eigenvalue weighted by molar-refractivity contribution is 6.00. The van der Waals surface area contributed by atoms with Crippen LogP contribution in [0.25, 0.3) is 0 Å². The van der Waals surface area contributed by atoms with Crippen LogP contribution in [0.3, 0.4) is 0 Å². The van der Waals surface area contributed by atoms with Crippen LogP contribution in [0.1, 0.15) is 103 Å². The van der Waals surface area contributed by atoms with Crippen LogP contribution in [0.4, 0.5) is 31.5 Å². The van der Waals surface area contributed by atoms with E-state index in [0.717, 1.165) is 186 Å². The smallest absolute Gasteiger partial charge is 0.265 e. The van der Waals surface area contributed by atoms with Gasteiger partial charge in [-0.25, -0.2) is 8.78 Å². The quantitative estimate of drug-likeness (QED) is 0.0855. The number of likely N-dealkylation sites (tertiary alicyclic amines) is 4. The summed E-state index contributed by atoms with van der Waals surface area (Å²) in [5.41, 5.74) is 9.62. The van der Waals surface area contributed by atoms with Gasteiger partial charge in [-0.2, -0.15) is 0 Å². The van der Waals surface area contributed by atoms with Gasteiger partial charge in [-0.05, 0) is 235 Å². The zero-order valence-electron chi connectivity index (χ0n) is 60.6. The lowest BCUT2D eigenvalue weighted by atomic mass is 9.89. The van der Waals surface area contributed by atoms with E-state index >= 15 is 0 Å². The van der Waals surface area contributed by atoms with Gasteiger partial charge in [0, 0.05) is 52.4 Å². The lowest BCUT2D eigenvalue weighted by Crippen LogP contribution is -2.44. The maximum Gasteiger partial charge on any atom is 0.265 e. The topological polar surface area (TPSA) is 140 Å². The Morgan fingerprint density at radius 3 is 1.00 bits per heavy atom. The number of amides is 4. The molecule has 17 nitrogen and oxygen atoms in total. The van der Waals surface area contributed by atoms with Crippen LogP contribution in [0.2, 0.25) is 0 Å². The predicted molar refractivity (Wildman–Crippen MR) is 408 cm³/mol. The van der Waals surface area contributed by atoms with Crippen molar-refractivity contribution in [1.82, 2.24) is 19.6 Å². The number of piperidine rings is 4. The SMILES string of the molecule is COc1ccc(C2CCN(CCN3C(=O)COc4ccccc43)CC2)cc1.Cc1ccc(C2CCN(CCN3C(=O)COc4ccccc43)CC2)cc1.O=C1COc2ccccc2N1CCN1CCC(c2cccc(F)c2)CC1.O=C1COc2ccccc2N1CCN1CCC(c2ccccc2F)CC1. The van der Waals surface area contributed by atoms with E-state index in [9.17, 15) is 28.0 Å². The molecule has 19 heteroatoms. The van der Waals surface area contributed by atoms with E-state index < -0.39 is 0 Å². The summed E-state index contributed by atoms with van der Waals surface area (Å²) in [6.45, 7) is 17.0. The van der Waals surface area contributed by atoms with Crippen LogP contribution in [0, 0.1) is 18.6 Å². The Morgan fingerprint density at radius 2 is 0.657 bits per heavy atom. The first-order chi connectivity index (χ1) is 51.4. The van der Waals surface area contributed by atoms with Crippen molar-refractivity contribution in [2.24, 2.45) is 0 Å². The normalized spacial score (nSPS) is 18.4. The lowest BCUT2D eigenvalue weighted by molar-refractivity contribution is -0.122. The summed E-state index contributed by atoms with van der Waals surface area (Å²) in [5.74, 6) is 5.91. The second-order valence-corrected chi connectivity index (χ2v) is 28.4. The second-order valence-electron chi connectivity index (χ2n) is 28.4. The molecule has 0 spiro atoms. The minimum Gasteiger partial charge on any atom is -0.497 e.